The van der Waals surface area contributed by atoms with Gasteiger partial charge in [0.1, 0.15) is 48.4 Å². The number of carbonyl (C=O) groups excluding carboxylic acids is 3. The molecule has 11 heteroatoms. The number of likely N-dealkylation sites (tertiary alicyclic amines) is 1. The van der Waals surface area contributed by atoms with Crippen molar-refractivity contribution in [3.63, 3.8) is 0 Å². The number of rotatable bonds is 8. The van der Waals surface area contributed by atoms with E-state index < -0.39 is 35.5 Å². The summed E-state index contributed by atoms with van der Waals surface area (Å²) in [7, 11) is 0. The van der Waals surface area contributed by atoms with Gasteiger partial charge in [-0.1, -0.05) is 12.1 Å². The smallest absolute Gasteiger partial charge is 0.251 e. The molecule has 1 aromatic heterocycles. The zero-order chi connectivity index (χ0) is 27.4. The van der Waals surface area contributed by atoms with Crippen molar-refractivity contribution < 1.29 is 27.9 Å². The number of ether oxygens (including phenoxy) is 1. The second kappa shape index (κ2) is 11.2. The first-order chi connectivity index (χ1) is 18.9. The van der Waals surface area contributed by atoms with E-state index in [1.54, 1.807) is 36.4 Å². The van der Waals surface area contributed by atoms with Crippen LogP contribution in [0.15, 0.2) is 85.5 Å². The molecule has 0 aliphatic carbocycles. The van der Waals surface area contributed by atoms with Crippen LogP contribution in [0.25, 0.3) is 0 Å². The standard InChI is InChI=1S/C28H23F2N5O4/c29-20-3-1-18(2-4-20)13-19-14-25(35(28(19)38)26(36)15-34-17-31-16-32-34)27(37)33-22-7-11-24(12-8-22)39-23-9-5-21(30)6-10-23/h1-12,16-17,19,25H,13-15H2,(H,33,37). The lowest BCUT2D eigenvalue weighted by atomic mass is 9.96. The van der Waals surface area contributed by atoms with Crippen LogP contribution in [-0.4, -0.2) is 43.4 Å². The third-order valence-corrected chi connectivity index (χ3v) is 6.31. The van der Waals surface area contributed by atoms with E-state index in [2.05, 4.69) is 15.4 Å². The Morgan fingerprint density at radius 1 is 0.923 bits per heavy atom. The van der Waals surface area contributed by atoms with Crippen LogP contribution in [0.5, 0.6) is 11.5 Å². The highest BCUT2D eigenvalue weighted by Crippen LogP contribution is 2.30. The fourth-order valence-electron chi connectivity index (χ4n) is 4.42. The number of amides is 3. The molecule has 1 aliphatic heterocycles. The maximum absolute atomic E-state index is 13.3. The number of nitrogens with one attached hydrogen (secondary N) is 1. The molecular weight excluding hydrogens is 508 g/mol. The molecule has 198 valence electrons. The van der Waals surface area contributed by atoms with Crippen LogP contribution in [0.2, 0.25) is 0 Å². The second-order valence-electron chi connectivity index (χ2n) is 9.04. The lowest BCUT2D eigenvalue weighted by Crippen LogP contribution is -2.46. The lowest BCUT2D eigenvalue weighted by Gasteiger charge is -2.22. The number of imide groups is 1. The molecule has 0 radical (unpaired) electrons. The number of hydrogen-bond acceptors (Lipinski definition) is 6. The first-order valence-electron chi connectivity index (χ1n) is 12.1. The molecule has 1 saturated heterocycles. The molecule has 3 aromatic carbocycles. The molecule has 5 rings (SSSR count). The van der Waals surface area contributed by atoms with Gasteiger partial charge in [-0.3, -0.25) is 19.3 Å². The van der Waals surface area contributed by atoms with Gasteiger partial charge in [0.25, 0.3) is 5.91 Å². The zero-order valence-corrected chi connectivity index (χ0v) is 20.5. The minimum absolute atomic E-state index is 0.108. The highest BCUT2D eigenvalue weighted by Gasteiger charge is 2.46. The van der Waals surface area contributed by atoms with E-state index in [1.165, 1.54) is 53.7 Å². The third kappa shape index (κ3) is 6.15. The molecule has 1 N–H and O–H groups in total. The van der Waals surface area contributed by atoms with Gasteiger partial charge < -0.3 is 10.1 Å². The van der Waals surface area contributed by atoms with Gasteiger partial charge >= 0.3 is 0 Å². The fraction of sp³-hybridized carbons (Fsp3) is 0.179. The van der Waals surface area contributed by atoms with Gasteiger partial charge in [0.15, 0.2) is 0 Å². The molecule has 0 spiro atoms. The summed E-state index contributed by atoms with van der Waals surface area (Å²) in [6, 6.07) is 16.8. The van der Waals surface area contributed by atoms with E-state index in [0.717, 1.165) is 10.5 Å². The van der Waals surface area contributed by atoms with Crippen molar-refractivity contribution in [1.82, 2.24) is 19.7 Å². The number of anilines is 1. The van der Waals surface area contributed by atoms with Crippen molar-refractivity contribution >= 4 is 23.4 Å². The summed E-state index contributed by atoms with van der Waals surface area (Å²) >= 11 is 0. The first kappa shape index (κ1) is 25.7. The highest BCUT2D eigenvalue weighted by molar-refractivity contribution is 6.07. The van der Waals surface area contributed by atoms with Crippen molar-refractivity contribution in [3.8, 4) is 11.5 Å². The number of carbonyl (C=O) groups is 3. The normalized spacial score (nSPS) is 16.8. The molecule has 1 fully saturated rings. The van der Waals surface area contributed by atoms with Crippen LogP contribution >= 0.6 is 0 Å². The Balaban J connectivity index is 1.30. The van der Waals surface area contributed by atoms with Gasteiger partial charge in [0.2, 0.25) is 11.8 Å². The van der Waals surface area contributed by atoms with E-state index in [0.29, 0.717) is 17.2 Å². The Bertz CT molecular complexity index is 1460. The second-order valence-corrected chi connectivity index (χ2v) is 9.04. The van der Waals surface area contributed by atoms with E-state index in [-0.39, 0.29) is 25.2 Å². The van der Waals surface area contributed by atoms with E-state index in [1.807, 2.05) is 0 Å². The zero-order valence-electron chi connectivity index (χ0n) is 20.5. The SMILES string of the molecule is O=C(Nc1ccc(Oc2ccc(F)cc2)cc1)C1CC(Cc2ccc(F)cc2)C(=O)N1C(=O)Cn1cncn1. The van der Waals surface area contributed by atoms with Crippen molar-refractivity contribution in [2.45, 2.75) is 25.4 Å². The van der Waals surface area contributed by atoms with Crippen molar-refractivity contribution in [2.75, 3.05) is 5.32 Å². The average molecular weight is 532 g/mol. The summed E-state index contributed by atoms with van der Waals surface area (Å²) in [6.07, 6.45) is 2.98. The van der Waals surface area contributed by atoms with E-state index in [4.69, 9.17) is 4.74 Å². The maximum Gasteiger partial charge on any atom is 0.251 e. The molecular formula is C28H23F2N5O4. The number of nitrogens with zero attached hydrogens (tertiary/aromatic N) is 4. The van der Waals surface area contributed by atoms with Gasteiger partial charge in [0, 0.05) is 11.6 Å². The number of halogens is 2. The summed E-state index contributed by atoms with van der Waals surface area (Å²) in [5, 5.41) is 6.67. The quantitative estimate of drug-likeness (QED) is 0.369. The van der Waals surface area contributed by atoms with Crippen LogP contribution in [0, 0.1) is 17.6 Å². The highest BCUT2D eigenvalue weighted by atomic mass is 19.1. The molecule has 39 heavy (non-hydrogen) atoms. The molecule has 4 aromatic rings. The Morgan fingerprint density at radius 2 is 1.54 bits per heavy atom. The van der Waals surface area contributed by atoms with Crippen LogP contribution < -0.4 is 10.1 Å². The summed E-state index contributed by atoms with van der Waals surface area (Å²) in [4.78, 5) is 44.5. The Hall–Kier alpha value is -4.93. The molecule has 2 atom stereocenters. The monoisotopic (exact) mass is 531 g/mol. The third-order valence-electron chi connectivity index (χ3n) is 6.31. The lowest BCUT2D eigenvalue weighted by molar-refractivity contribution is -0.148. The van der Waals surface area contributed by atoms with Crippen molar-refractivity contribution in [3.05, 3.63) is 103 Å². The van der Waals surface area contributed by atoms with Gasteiger partial charge in [0.05, 0.1) is 0 Å². The fourth-order valence-corrected chi connectivity index (χ4v) is 4.42. The molecule has 0 bridgehead atoms. The number of hydrogen-bond donors (Lipinski definition) is 1. The predicted octanol–water partition coefficient (Wildman–Crippen LogP) is 3.97. The minimum Gasteiger partial charge on any atom is -0.457 e. The van der Waals surface area contributed by atoms with Gasteiger partial charge in [-0.25, -0.2) is 18.4 Å². The van der Waals surface area contributed by atoms with Crippen molar-refractivity contribution in [2.24, 2.45) is 5.92 Å². The molecule has 3 amide bonds. The molecule has 0 saturated carbocycles. The number of aromatic nitrogens is 3. The van der Waals surface area contributed by atoms with Gasteiger partial charge in [-0.15, -0.1) is 0 Å². The topological polar surface area (TPSA) is 106 Å². The van der Waals surface area contributed by atoms with Crippen molar-refractivity contribution in [1.29, 1.82) is 0 Å². The molecule has 2 unspecified atom stereocenters. The van der Waals surface area contributed by atoms with Crippen LogP contribution in [-0.2, 0) is 27.3 Å². The van der Waals surface area contributed by atoms with E-state index in [9.17, 15) is 23.2 Å². The van der Waals surface area contributed by atoms with Crippen LogP contribution in [0.4, 0.5) is 14.5 Å². The molecule has 9 nitrogen and oxygen atoms in total. The molecule has 1 aliphatic rings. The summed E-state index contributed by atoms with van der Waals surface area (Å²) in [6.45, 7) is -0.256. The average Bonchev–Trinajstić information content (AvgIpc) is 3.55. The largest absolute Gasteiger partial charge is 0.457 e. The Morgan fingerprint density at radius 3 is 2.15 bits per heavy atom. The molecule has 2 heterocycles. The first-order valence-corrected chi connectivity index (χ1v) is 12.1. The maximum atomic E-state index is 13.3. The van der Waals surface area contributed by atoms with Crippen LogP contribution in [0.1, 0.15) is 12.0 Å². The van der Waals surface area contributed by atoms with Crippen LogP contribution in [0.3, 0.4) is 0 Å². The Labute approximate surface area is 222 Å². The summed E-state index contributed by atoms with van der Waals surface area (Å²) in [5.41, 5.74) is 1.15. The van der Waals surface area contributed by atoms with Gasteiger partial charge in [-0.2, -0.15) is 5.10 Å². The van der Waals surface area contributed by atoms with E-state index >= 15 is 0 Å². The predicted molar refractivity (Wildman–Crippen MR) is 135 cm³/mol. The minimum atomic E-state index is -1.05. The summed E-state index contributed by atoms with van der Waals surface area (Å²) < 4.78 is 33.4. The Kier molecular flexibility index (Phi) is 7.39. The number of benzene rings is 3. The van der Waals surface area contributed by atoms with Gasteiger partial charge in [-0.05, 0) is 79.1 Å². The summed E-state index contributed by atoms with van der Waals surface area (Å²) in [5.74, 6) is -2.08.